The average Bonchev–Trinajstić information content (AvgIpc) is 3.01. The molecule has 9 heteroatoms. The molecule has 3 rings (SSSR count). The Hall–Kier alpha value is -2.52. The molecule has 2 aromatic carbocycles. The van der Waals surface area contributed by atoms with E-state index in [1.807, 2.05) is 30.5 Å². The maximum atomic E-state index is 13.9. The van der Waals surface area contributed by atoms with Crippen LogP contribution in [-0.4, -0.2) is 32.8 Å². The lowest BCUT2D eigenvalue weighted by Crippen LogP contribution is -2.16. The number of hydrogen-bond donors (Lipinski definition) is 2. The molecule has 6 nitrogen and oxygen atoms in total. The summed E-state index contributed by atoms with van der Waals surface area (Å²) in [6.45, 7) is 0. The standard InChI is InChI=1S/C17H16FN5OS2/c1-25-12-6-4-5-11(9-12)20-15(24)10-26-17-22-21-16(23(17)19)13-7-2-3-8-14(13)18/h2-9H,10,19H2,1H3,(H,20,24). The molecule has 0 aliphatic heterocycles. The predicted molar refractivity (Wildman–Crippen MR) is 103 cm³/mol. The van der Waals surface area contributed by atoms with Gasteiger partial charge in [-0.1, -0.05) is 30.0 Å². The molecule has 0 bridgehead atoms. The molecule has 3 aromatic rings. The molecule has 0 atom stereocenters. The summed E-state index contributed by atoms with van der Waals surface area (Å²) in [4.78, 5) is 13.2. The molecule has 26 heavy (non-hydrogen) atoms. The Kier molecular flexibility index (Phi) is 5.79. The van der Waals surface area contributed by atoms with Gasteiger partial charge in [0.05, 0.1) is 11.3 Å². The van der Waals surface area contributed by atoms with Gasteiger partial charge in [-0.2, -0.15) is 0 Å². The summed E-state index contributed by atoms with van der Waals surface area (Å²) >= 11 is 2.73. The Bertz CT molecular complexity index is 931. The SMILES string of the molecule is CSc1cccc(NC(=O)CSc2nnc(-c3ccccc3F)n2N)c1. The second kappa shape index (κ2) is 8.24. The minimum absolute atomic E-state index is 0.107. The minimum Gasteiger partial charge on any atom is -0.335 e. The highest BCUT2D eigenvalue weighted by Crippen LogP contribution is 2.24. The van der Waals surface area contributed by atoms with E-state index in [0.717, 1.165) is 22.3 Å². The Morgan fingerprint density at radius 3 is 2.81 bits per heavy atom. The fourth-order valence-electron chi connectivity index (χ4n) is 2.23. The normalized spacial score (nSPS) is 10.7. The molecule has 0 spiro atoms. The third-order valence-electron chi connectivity index (χ3n) is 3.47. The molecule has 0 fully saturated rings. The van der Waals surface area contributed by atoms with Crippen LogP contribution < -0.4 is 11.2 Å². The molecule has 0 aliphatic rings. The van der Waals surface area contributed by atoms with Gasteiger partial charge in [-0.05, 0) is 36.6 Å². The maximum absolute atomic E-state index is 13.9. The van der Waals surface area contributed by atoms with Crippen molar-refractivity contribution in [2.24, 2.45) is 0 Å². The highest BCUT2D eigenvalue weighted by Gasteiger charge is 2.16. The van der Waals surface area contributed by atoms with Crippen LogP contribution in [0.1, 0.15) is 0 Å². The number of amides is 1. The average molecular weight is 389 g/mol. The van der Waals surface area contributed by atoms with Crippen LogP contribution in [0.3, 0.4) is 0 Å². The van der Waals surface area contributed by atoms with Crippen LogP contribution >= 0.6 is 23.5 Å². The molecule has 0 aliphatic carbocycles. The van der Waals surface area contributed by atoms with Gasteiger partial charge in [0.1, 0.15) is 5.82 Å². The van der Waals surface area contributed by atoms with Crippen LogP contribution in [0.4, 0.5) is 10.1 Å². The summed E-state index contributed by atoms with van der Waals surface area (Å²) in [5, 5.41) is 11.0. The molecule has 134 valence electrons. The Labute approximate surface area is 158 Å². The Morgan fingerprint density at radius 1 is 1.23 bits per heavy atom. The van der Waals surface area contributed by atoms with Gasteiger partial charge in [0, 0.05) is 10.6 Å². The molecular weight excluding hydrogens is 373 g/mol. The Balaban J connectivity index is 1.65. The smallest absolute Gasteiger partial charge is 0.234 e. The first kappa shape index (κ1) is 18.3. The van der Waals surface area contributed by atoms with E-state index in [-0.39, 0.29) is 23.0 Å². The number of nitrogens with zero attached hydrogens (tertiary/aromatic N) is 3. The lowest BCUT2D eigenvalue weighted by Gasteiger charge is -2.07. The summed E-state index contributed by atoms with van der Waals surface area (Å²) in [6, 6.07) is 13.7. The van der Waals surface area contributed by atoms with Gasteiger partial charge in [0.2, 0.25) is 11.1 Å². The molecule has 0 radical (unpaired) electrons. The van der Waals surface area contributed by atoms with Crippen LogP contribution in [-0.2, 0) is 4.79 Å². The zero-order valence-electron chi connectivity index (χ0n) is 13.8. The molecule has 3 N–H and O–H groups in total. The summed E-state index contributed by atoms with van der Waals surface area (Å²) in [7, 11) is 0. The second-order valence-electron chi connectivity index (χ2n) is 5.22. The first-order valence-electron chi connectivity index (χ1n) is 7.60. The monoisotopic (exact) mass is 389 g/mol. The lowest BCUT2D eigenvalue weighted by atomic mass is 10.2. The van der Waals surface area contributed by atoms with E-state index in [0.29, 0.717) is 5.16 Å². The topological polar surface area (TPSA) is 85.8 Å². The summed E-state index contributed by atoms with van der Waals surface area (Å²) in [5.74, 6) is 5.64. The number of carbonyl (C=O) groups excluding carboxylic acids is 1. The number of carbonyl (C=O) groups is 1. The highest BCUT2D eigenvalue weighted by atomic mass is 32.2. The van der Waals surface area contributed by atoms with E-state index in [2.05, 4.69) is 15.5 Å². The van der Waals surface area contributed by atoms with Gasteiger partial charge in [-0.25, -0.2) is 9.07 Å². The molecule has 1 heterocycles. The lowest BCUT2D eigenvalue weighted by molar-refractivity contribution is -0.113. The van der Waals surface area contributed by atoms with E-state index in [4.69, 9.17) is 5.84 Å². The van der Waals surface area contributed by atoms with Crippen molar-refractivity contribution in [3.8, 4) is 11.4 Å². The quantitative estimate of drug-likeness (QED) is 0.497. The number of rotatable bonds is 6. The minimum atomic E-state index is -0.436. The van der Waals surface area contributed by atoms with E-state index in [1.165, 1.54) is 10.7 Å². The van der Waals surface area contributed by atoms with Gasteiger partial charge >= 0.3 is 0 Å². The number of nitrogen functional groups attached to an aromatic ring is 1. The maximum Gasteiger partial charge on any atom is 0.234 e. The third-order valence-corrected chi connectivity index (χ3v) is 5.13. The van der Waals surface area contributed by atoms with Crippen molar-refractivity contribution in [3.05, 3.63) is 54.3 Å². The summed E-state index contributed by atoms with van der Waals surface area (Å²) in [6.07, 6.45) is 1.97. The van der Waals surface area contributed by atoms with E-state index < -0.39 is 5.82 Å². The molecular formula is C17H16FN5OS2. The molecule has 1 aromatic heterocycles. The number of nitrogens with one attached hydrogen (secondary N) is 1. The van der Waals surface area contributed by atoms with Crippen LogP contribution in [0, 0.1) is 5.82 Å². The molecule has 0 saturated carbocycles. The van der Waals surface area contributed by atoms with Gasteiger partial charge < -0.3 is 11.2 Å². The third kappa shape index (κ3) is 4.17. The first-order valence-corrected chi connectivity index (χ1v) is 9.81. The number of halogens is 1. The highest BCUT2D eigenvalue weighted by molar-refractivity contribution is 7.99. The number of thioether (sulfide) groups is 2. The van der Waals surface area contributed by atoms with Crippen LogP contribution in [0.15, 0.2) is 58.6 Å². The van der Waals surface area contributed by atoms with E-state index in [9.17, 15) is 9.18 Å². The van der Waals surface area contributed by atoms with Crippen LogP contribution in [0.5, 0.6) is 0 Å². The number of anilines is 1. The second-order valence-corrected chi connectivity index (χ2v) is 7.05. The number of nitrogens with two attached hydrogens (primary N) is 1. The van der Waals surface area contributed by atoms with Gasteiger partial charge in [-0.3, -0.25) is 4.79 Å². The van der Waals surface area contributed by atoms with Crippen molar-refractivity contribution < 1.29 is 9.18 Å². The van der Waals surface area contributed by atoms with Crippen molar-refractivity contribution in [1.29, 1.82) is 0 Å². The van der Waals surface area contributed by atoms with E-state index in [1.54, 1.807) is 30.0 Å². The summed E-state index contributed by atoms with van der Waals surface area (Å²) in [5.41, 5.74) is 0.983. The van der Waals surface area contributed by atoms with Crippen molar-refractivity contribution in [2.45, 2.75) is 10.1 Å². The van der Waals surface area contributed by atoms with Crippen molar-refractivity contribution in [2.75, 3.05) is 23.2 Å². The molecule has 0 unspecified atom stereocenters. The van der Waals surface area contributed by atoms with Gasteiger partial charge in [-0.15, -0.1) is 22.0 Å². The predicted octanol–water partition coefficient (Wildman–Crippen LogP) is 3.25. The zero-order chi connectivity index (χ0) is 18.5. The van der Waals surface area contributed by atoms with E-state index >= 15 is 0 Å². The fraction of sp³-hybridized carbons (Fsp3) is 0.118. The number of hydrogen-bond acceptors (Lipinski definition) is 6. The van der Waals surface area contributed by atoms with Crippen molar-refractivity contribution >= 4 is 35.1 Å². The van der Waals surface area contributed by atoms with Crippen LogP contribution in [0.25, 0.3) is 11.4 Å². The first-order chi connectivity index (χ1) is 12.6. The largest absolute Gasteiger partial charge is 0.335 e. The zero-order valence-corrected chi connectivity index (χ0v) is 15.5. The van der Waals surface area contributed by atoms with Crippen molar-refractivity contribution in [1.82, 2.24) is 14.9 Å². The van der Waals surface area contributed by atoms with Gasteiger partial charge in [0.15, 0.2) is 5.82 Å². The summed E-state index contributed by atoms with van der Waals surface area (Å²) < 4.78 is 15.1. The Morgan fingerprint density at radius 2 is 2.04 bits per heavy atom. The van der Waals surface area contributed by atoms with Crippen LogP contribution in [0.2, 0.25) is 0 Å². The molecule has 0 saturated heterocycles. The number of benzene rings is 2. The van der Waals surface area contributed by atoms with Crippen molar-refractivity contribution in [3.63, 3.8) is 0 Å². The molecule has 1 amide bonds. The number of aromatic nitrogens is 3. The van der Waals surface area contributed by atoms with Gasteiger partial charge in [0.25, 0.3) is 0 Å². The fourth-order valence-corrected chi connectivity index (χ4v) is 3.35.